The van der Waals surface area contributed by atoms with Gasteiger partial charge in [-0.05, 0) is 54.5 Å². The minimum Gasteiger partial charge on any atom is -0.493 e. The molecule has 0 aliphatic heterocycles. The molecular formula is C29H41N3O4. The van der Waals surface area contributed by atoms with Gasteiger partial charge >= 0.3 is 6.03 Å². The summed E-state index contributed by atoms with van der Waals surface area (Å²) in [5, 5.41) is 13.4. The van der Waals surface area contributed by atoms with Crippen molar-refractivity contribution >= 4 is 17.6 Å². The van der Waals surface area contributed by atoms with Crippen molar-refractivity contribution in [3.05, 3.63) is 48.0 Å². The monoisotopic (exact) mass is 495 g/mol. The molecule has 1 fully saturated rings. The van der Waals surface area contributed by atoms with E-state index in [1.807, 2.05) is 30.3 Å². The number of urea groups is 1. The average Bonchev–Trinajstić information content (AvgIpc) is 2.84. The molecule has 1 saturated carbocycles. The zero-order valence-corrected chi connectivity index (χ0v) is 21.7. The van der Waals surface area contributed by atoms with E-state index < -0.39 is 12.0 Å². The van der Waals surface area contributed by atoms with Gasteiger partial charge in [0.15, 0.2) is 0 Å². The second kappa shape index (κ2) is 13.9. The van der Waals surface area contributed by atoms with E-state index in [-0.39, 0.29) is 12.5 Å². The lowest BCUT2D eigenvalue weighted by atomic mass is 9.86. The highest BCUT2D eigenvalue weighted by molar-refractivity contribution is 5.92. The fourth-order valence-corrected chi connectivity index (χ4v) is 4.32. The Kier molecular flexibility index (Phi) is 10.6. The van der Waals surface area contributed by atoms with Crippen molar-refractivity contribution in [2.75, 3.05) is 25.1 Å². The van der Waals surface area contributed by atoms with Crippen molar-refractivity contribution < 1.29 is 19.4 Å². The molecular weight excluding hydrogens is 454 g/mol. The van der Waals surface area contributed by atoms with Crippen LogP contribution in [-0.4, -0.2) is 37.2 Å². The number of nitrogens with zero attached hydrogens (tertiary/aromatic N) is 1. The quantitative estimate of drug-likeness (QED) is 0.299. The Morgan fingerprint density at radius 1 is 1.14 bits per heavy atom. The van der Waals surface area contributed by atoms with Gasteiger partial charge in [-0.2, -0.15) is 0 Å². The van der Waals surface area contributed by atoms with Crippen LogP contribution in [0.3, 0.4) is 0 Å². The molecule has 1 aliphatic carbocycles. The first kappa shape index (κ1) is 27.5. The van der Waals surface area contributed by atoms with Crippen LogP contribution >= 0.6 is 0 Å². The van der Waals surface area contributed by atoms with Gasteiger partial charge in [-0.15, -0.1) is 0 Å². The normalized spacial score (nSPS) is 14.1. The van der Waals surface area contributed by atoms with Crippen molar-refractivity contribution in [1.82, 2.24) is 5.32 Å². The number of hydrogen-bond acceptors (Lipinski definition) is 4. The molecule has 0 bridgehead atoms. The number of aliphatic hydroxyl groups excluding tert-OH is 1. The minimum atomic E-state index is -0.981. The fraction of sp³-hybridized carbons (Fsp3) is 0.517. The number of primary amides is 1. The summed E-state index contributed by atoms with van der Waals surface area (Å²) in [7, 11) is 1.77. The molecule has 1 unspecified atom stereocenters. The van der Waals surface area contributed by atoms with Crippen LogP contribution in [0.2, 0.25) is 0 Å². The van der Waals surface area contributed by atoms with Gasteiger partial charge in [0.1, 0.15) is 5.75 Å². The SMILES string of the molecule is CCCCCCCNC(=O)N(C)c1cccc(-c2ccc(C(O)CC(N)=O)cc2OCC2CCC2)c1. The maximum absolute atomic E-state index is 12.7. The number of amides is 3. The zero-order chi connectivity index (χ0) is 25.9. The molecule has 4 N–H and O–H groups in total. The minimum absolute atomic E-state index is 0.131. The van der Waals surface area contributed by atoms with E-state index >= 15 is 0 Å². The van der Waals surface area contributed by atoms with Gasteiger partial charge in [0.05, 0.1) is 19.1 Å². The van der Waals surface area contributed by atoms with Crippen LogP contribution < -0.4 is 20.7 Å². The molecule has 3 amide bonds. The highest BCUT2D eigenvalue weighted by Gasteiger charge is 2.20. The number of nitrogens with one attached hydrogen (secondary N) is 1. The largest absolute Gasteiger partial charge is 0.493 e. The summed E-state index contributed by atoms with van der Waals surface area (Å²) in [6.07, 6.45) is 8.17. The van der Waals surface area contributed by atoms with Gasteiger partial charge < -0.3 is 20.9 Å². The lowest BCUT2D eigenvalue weighted by molar-refractivity contribution is -0.119. The van der Waals surface area contributed by atoms with Crippen LogP contribution in [0.5, 0.6) is 5.75 Å². The lowest BCUT2D eigenvalue weighted by Crippen LogP contribution is -2.37. The van der Waals surface area contributed by atoms with E-state index in [4.69, 9.17) is 10.5 Å². The molecule has 0 heterocycles. The molecule has 0 aromatic heterocycles. The van der Waals surface area contributed by atoms with Crippen LogP contribution in [0.25, 0.3) is 11.1 Å². The van der Waals surface area contributed by atoms with E-state index in [9.17, 15) is 14.7 Å². The van der Waals surface area contributed by atoms with E-state index in [2.05, 4.69) is 12.2 Å². The first-order valence-corrected chi connectivity index (χ1v) is 13.2. The van der Waals surface area contributed by atoms with Gasteiger partial charge in [0.2, 0.25) is 5.91 Å². The number of benzene rings is 2. The van der Waals surface area contributed by atoms with Crippen LogP contribution in [0.4, 0.5) is 10.5 Å². The van der Waals surface area contributed by atoms with Crippen LogP contribution in [0.15, 0.2) is 42.5 Å². The number of carbonyl (C=O) groups excluding carboxylic acids is 2. The maximum atomic E-state index is 12.7. The van der Waals surface area contributed by atoms with Crippen LogP contribution in [0, 0.1) is 5.92 Å². The summed E-state index contributed by atoms with van der Waals surface area (Å²) < 4.78 is 6.21. The Hall–Kier alpha value is -3.06. The predicted octanol–water partition coefficient (Wildman–Crippen LogP) is 5.56. The van der Waals surface area contributed by atoms with Gasteiger partial charge in [0, 0.05) is 24.8 Å². The second-order valence-corrected chi connectivity index (χ2v) is 9.81. The maximum Gasteiger partial charge on any atom is 0.321 e. The molecule has 7 nitrogen and oxygen atoms in total. The lowest BCUT2D eigenvalue weighted by Gasteiger charge is -2.26. The molecule has 1 aliphatic rings. The van der Waals surface area contributed by atoms with Gasteiger partial charge in [0.25, 0.3) is 0 Å². The van der Waals surface area contributed by atoms with Crippen molar-refractivity contribution in [1.29, 1.82) is 0 Å². The number of carbonyl (C=O) groups is 2. The summed E-state index contributed by atoms with van der Waals surface area (Å²) in [6, 6.07) is 13.1. The zero-order valence-electron chi connectivity index (χ0n) is 21.7. The Labute approximate surface area is 215 Å². The van der Waals surface area contributed by atoms with E-state index in [0.717, 1.165) is 42.5 Å². The molecule has 3 rings (SSSR count). The standard InChI is InChI=1S/C29H41N3O4/c1-3-4-5-6-7-16-31-29(35)32(2)24-13-9-12-22(17-24)25-15-14-23(26(33)19-28(30)34)18-27(25)36-20-21-10-8-11-21/h9,12-15,17-18,21,26,33H,3-8,10-11,16,19-20H2,1-2H3,(H2,30,34)(H,31,35). The third-order valence-corrected chi connectivity index (χ3v) is 6.89. The number of unbranched alkanes of at least 4 members (excludes halogenated alkanes) is 4. The van der Waals surface area contributed by atoms with Crippen LogP contribution in [-0.2, 0) is 4.79 Å². The van der Waals surface area contributed by atoms with E-state index in [1.165, 1.54) is 25.7 Å². The number of rotatable bonds is 14. The summed E-state index contributed by atoms with van der Waals surface area (Å²) >= 11 is 0. The fourth-order valence-electron chi connectivity index (χ4n) is 4.32. The summed E-state index contributed by atoms with van der Waals surface area (Å²) in [5.41, 5.74) is 8.42. The second-order valence-electron chi connectivity index (χ2n) is 9.81. The first-order chi connectivity index (χ1) is 17.4. The Balaban J connectivity index is 1.74. The van der Waals surface area contributed by atoms with Gasteiger partial charge in [-0.1, -0.05) is 63.3 Å². The van der Waals surface area contributed by atoms with Crippen molar-refractivity contribution in [3.63, 3.8) is 0 Å². The number of nitrogens with two attached hydrogens (primary N) is 1. The predicted molar refractivity (Wildman–Crippen MR) is 144 cm³/mol. The first-order valence-electron chi connectivity index (χ1n) is 13.2. The van der Waals surface area contributed by atoms with Crippen molar-refractivity contribution in [2.45, 2.75) is 70.8 Å². The third kappa shape index (κ3) is 7.98. The third-order valence-electron chi connectivity index (χ3n) is 6.89. The molecule has 36 heavy (non-hydrogen) atoms. The topological polar surface area (TPSA) is 105 Å². The van der Waals surface area contributed by atoms with Crippen molar-refractivity contribution in [3.8, 4) is 16.9 Å². The molecule has 0 saturated heterocycles. The molecule has 1 atom stereocenters. The summed E-state index contributed by atoms with van der Waals surface area (Å²) in [6.45, 7) is 3.47. The average molecular weight is 496 g/mol. The smallest absolute Gasteiger partial charge is 0.321 e. The molecule has 0 spiro atoms. The number of anilines is 1. The molecule has 196 valence electrons. The molecule has 2 aromatic rings. The molecule has 2 aromatic carbocycles. The van der Waals surface area contributed by atoms with Crippen molar-refractivity contribution in [2.24, 2.45) is 11.7 Å². The number of ether oxygens (including phenoxy) is 1. The number of aliphatic hydroxyl groups is 1. The van der Waals surface area contributed by atoms with Gasteiger partial charge in [-0.25, -0.2) is 4.79 Å². The Morgan fingerprint density at radius 2 is 1.92 bits per heavy atom. The highest BCUT2D eigenvalue weighted by Crippen LogP contribution is 2.36. The molecule has 7 heteroatoms. The Morgan fingerprint density at radius 3 is 2.61 bits per heavy atom. The Bertz CT molecular complexity index is 1010. The van der Waals surface area contributed by atoms with E-state index in [0.29, 0.717) is 30.4 Å². The van der Waals surface area contributed by atoms with Gasteiger partial charge in [-0.3, -0.25) is 9.69 Å². The molecule has 0 radical (unpaired) electrons. The van der Waals surface area contributed by atoms with E-state index in [1.54, 1.807) is 24.1 Å². The summed E-state index contributed by atoms with van der Waals surface area (Å²) in [5.74, 6) is 0.637. The summed E-state index contributed by atoms with van der Waals surface area (Å²) in [4.78, 5) is 25.6. The van der Waals surface area contributed by atoms with Crippen LogP contribution in [0.1, 0.15) is 76.4 Å². The number of hydrogen-bond donors (Lipinski definition) is 3. The highest BCUT2D eigenvalue weighted by atomic mass is 16.5.